The van der Waals surface area contributed by atoms with Crippen LogP contribution in [-0.4, -0.2) is 24.1 Å². The van der Waals surface area contributed by atoms with E-state index in [1.165, 1.54) is 12.1 Å². The van der Waals surface area contributed by atoms with Gasteiger partial charge in [-0.25, -0.2) is 0 Å². The monoisotopic (exact) mass is 269 g/mol. The molecule has 1 aromatic carbocycles. The van der Waals surface area contributed by atoms with E-state index in [1.807, 2.05) is 0 Å². The van der Waals surface area contributed by atoms with Crippen molar-refractivity contribution < 1.29 is 4.92 Å². The van der Waals surface area contributed by atoms with Crippen LogP contribution >= 0.6 is 11.6 Å². The van der Waals surface area contributed by atoms with Crippen LogP contribution in [0.3, 0.4) is 0 Å². The second-order valence-corrected chi connectivity index (χ2v) is 4.90. The van der Waals surface area contributed by atoms with Crippen molar-refractivity contribution in [3.05, 3.63) is 33.3 Å². The molecule has 1 aliphatic rings. The van der Waals surface area contributed by atoms with E-state index in [4.69, 9.17) is 11.6 Å². The van der Waals surface area contributed by atoms with Gasteiger partial charge in [-0.3, -0.25) is 10.1 Å². The molecule has 0 spiro atoms. The van der Waals surface area contributed by atoms with Crippen LogP contribution in [0, 0.1) is 10.1 Å². The second-order valence-electron chi connectivity index (χ2n) is 4.46. The predicted octanol–water partition coefficient (Wildman–Crippen LogP) is 2.80. The highest BCUT2D eigenvalue weighted by Gasteiger charge is 2.18. The van der Waals surface area contributed by atoms with Gasteiger partial charge in [0.15, 0.2) is 0 Å². The fourth-order valence-corrected chi connectivity index (χ4v) is 2.32. The number of anilines is 1. The molecule has 0 amide bonds. The highest BCUT2D eigenvalue weighted by molar-refractivity contribution is 6.31. The van der Waals surface area contributed by atoms with E-state index in [-0.39, 0.29) is 16.7 Å². The Balaban J connectivity index is 2.15. The number of nitro benzene ring substituents is 1. The van der Waals surface area contributed by atoms with Gasteiger partial charge in [-0.05, 0) is 31.5 Å². The molecule has 1 aromatic rings. The van der Waals surface area contributed by atoms with Crippen LogP contribution in [0.4, 0.5) is 11.4 Å². The molecular weight excluding hydrogens is 254 g/mol. The number of rotatable bonds is 3. The molecule has 0 aromatic heterocycles. The molecule has 6 heteroatoms. The Labute approximate surface area is 111 Å². The molecule has 1 saturated heterocycles. The van der Waals surface area contributed by atoms with Crippen LogP contribution < -0.4 is 10.6 Å². The normalized spacial score (nSPS) is 20.2. The minimum atomic E-state index is -0.386. The summed E-state index contributed by atoms with van der Waals surface area (Å²) in [6.07, 6.45) is 3.28. The number of benzene rings is 1. The molecule has 5 nitrogen and oxygen atoms in total. The van der Waals surface area contributed by atoms with Gasteiger partial charge in [-0.15, -0.1) is 0 Å². The minimum Gasteiger partial charge on any atom is -0.375 e. The lowest BCUT2D eigenvalue weighted by Crippen LogP contribution is -2.31. The highest BCUT2D eigenvalue weighted by atomic mass is 35.5. The fraction of sp³-hybridized carbons (Fsp3) is 0.500. The maximum Gasteiger partial charge on any atom is 0.292 e. The van der Waals surface area contributed by atoms with Crippen molar-refractivity contribution >= 4 is 23.0 Å². The van der Waals surface area contributed by atoms with Crippen molar-refractivity contribution in [2.75, 3.05) is 18.4 Å². The zero-order valence-electron chi connectivity index (χ0n) is 9.99. The molecule has 1 heterocycles. The number of nitrogens with one attached hydrogen (secondary N) is 2. The lowest BCUT2D eigenvalue weighted by atomic mass is 10.1. The van der Waals surface area contributed by atoms with Crippen LogP contribution in [0.15, 0.2) is 18.2 Å². The Morgan fingerprint density at radius 2 is 2.28 bits per heavy atom. The van der Waals surface area contributed by atoms with Crippen LogP contribution in [0.5, 0.6) is 0 Å². The van der Waals surface area contributed by atoms with E-state index in [0.717, 1.165) is 32.4 Å². The quantitative estimate of drug-likeness (QED) is 0.654. The topological polar surface area (TPSA) is 67.2 Å². The van der Waals surface area contributed by atoms with Gasteiger partial charge in [-0.2, -0.15) is 0 Å². The predicted molar refractivity (Wildman–Crippen MR) is 72.2 cm³/mol. The maximum atomic E-state index is 10.9. The number of nitrogens with zero attached hydrogens (tertiary/aromatic N) is 1. The zero-order valence-corrected chi connectivity index (χ0v) is 10.7. The van der Waals surface area contributed by atoms with E-state index in [9.17, 15) is 10.1 Å². The van der Waals surface area contributed by atoms with E-state index < -0.39 is 0 Å². The van der Waals surface area contributed by atoms with Crippen LogP contribution in [-0.2, 0) is 0 Å². The molecule has 1 aliphatic heterocycles. The first-order chi connectivity index (χ1) is 8.66. The summed E-state index contributed by atoms with van der Waals surface area (Å²) in [7, 11) is 0. The average molecular weight is 270 g/mol. The summed E-state index contributed by atoms with van der Waals surface area (Å²) in [4.78, 5) is 10.6. The summed E-state index contributed by atoms with van der Waals surface area (Å²) >= 11 is 5.89. The molecule has 0 bridgehead atoms. The second kappa shape index (κ2) is 6.02. The molecule has 0 radical (unpaired) electrons. The summed E-state index contributed by atoms with van der Waals surface area (Å²) in [5.74, 6) is 0. The third-order valence-electron chi connectivity index (χ3n) is 3.06. The maximum absolute atomic E-state index is 10.9. The van der Waals surface area contributed by atoms with E-state index >= 15 is 0 Å². The van der Waals surface area contributed by atoms with Gasteiger partial charge in [0.05, 0.1) is 4.92 Å². The van der Waals surface area contributed by atoms with Crippen molar-refractivity contribution in [1.29, 1.82) is 0 Å². The summed E-state index contributed by atoms with van der Waals surface area (Å²) in [6.45, 7) is 1.83. The lowest BCUT2D eigenvalue weighted by Gasteiger charge is -2.17. The standard InChI is InChI=1S/C12H16ClN3O2/c13-9-4-5-12(16(17)18)11(7-9)15-10-3-1-2-6-14-8-10/h4-5,7,10,14-15H,1-3,6,8H2. The average Bonchev–Trinajstić information content (AvgIpc) is 2.57. The van der Waals surface area contributed by atoms with Gasteiger partial charge in [-0.1, -0.05) is 18.0 Å². The summed E-state index contributed by atoms with van der Waals surface area (Å²) < 4.78 is 0. The molecule has 2 N–H and O–H groups in total. The van der Waals surface area contributed by atoms with Gasteiger partial charge in [0.2, 0.25) is 0 Å². The van der Waals surface area contributed by atoms with Gasteiger partial charge in [0.25, 0.3) is 5.69 Å². The Hall–Kier alpha value is -1.33. The first-order valence-electron chi connectivity index (χ1n) is 6.08. The van der Waals surface area contributed by atoms with Gasteiger partial charge in [0, 0.05) is 23.7 Å². The number of nitro groups is 1. The van der Waals surface area contributed by atoms with Crippen molar-refractivity contribution in [3.8, 4) is 0 Å². The Kier molecular flexibility index (Phi) is 4.38. The molecule has 98 valence electrons. The van der Waals surface area contributed by atoms with Gasteiger partial charge < -0.3 is 10.6 Å². The number of halogens is 1. The summed E-state index contributed by atoms with van der Waals surface area (Å²) in [5, 5.41) is 18.0. The van der Waals surface area contributed by atoms with Gasteiger partial charge >= 0.3 is 0 Å². The van der Waals surface area contributed by atoms with E-state index in [2.05, 4.69) is 10.6 Å². The van der Waals surface area contributed by atoms with Crippen LogP contribution in [0.1, 0.15) is 19.3 Å². The van der Waals surface area contributed by atoms with Crippen LogP contribution in [0.25, 0.3) is 0 Å². The van der Waals surface area contributed by atoms with Crippen molar-refractivity contribution in [2.24, 2.45) is 0 Å². The lowest BCUT2D eigenvalue weighted by molar-refractivity contribution is -0.384. The molecule has 18 heavy (non-hydrogen) atoms. The molecular formula is C12H16ClN3O2. The summed E-state index contributed by atoms with van der Waals surface area (Å²) in [6, 6.07) is 4.81. The fourth-order valence-electron chi connectivity index (χ4n) is 2.15. The van der Waals surface area contributed by atoms with Crippen molar-refractivity contribution in [1.82, 2.24) is 5.32 Å². The van der Waals surface area contributed by atoms with Crippen molar-refractivity contribution in [2.45, 2.75) is 25.3 Å². The Morgan fingerprint density at radius 3 is 3.06 bits per heavy atom. The minimum absolute atomic E-state index is 0.0728. The number of hydrogen-bond acceptors (Lipinski definition) is 4. The Bertz CT molecular complexity index is 431. The zero-order chi connectivity index (χ0) is 13.0. The molecule has 2 rings (SSSR count). The third kappa shape index (κ3) is 3.34. The van der Waals surface area contributed by atoms with Crippen LogP contribution in [0.2, 0.25) is 5.02 Å². The molecule has 1 atom stereocenters. The largest absolute Gasteiger partial charge is 0.375 e. The molecule has 0 aliphatic carbocycles. The molecule has 1 fully saturated rings. The van der Waals surface area contributed by atoms with Crippen molar-refractivity contribution in [3.63, 3.8) is 0 Å². The first kappa shape index (κ1) is 13.1. The first-order valence-corrected chi connectivity index (χ1v) is 6.46. The molecule has 0 saturated carbocycles. The third-order valence-corrected chi connectivity index (χ3v) is 3.30. The van der Waals surface area contributed by atoms with Gasteiger partial charge in [0.1, 0.15) is 5.69 Å². The highest BCUT2D eigenvalue weighted by Crippen LogP contribution is 2.28. The SMILES string of the molecule is O=[N+]([O-])c1ccc(Cl)cc1NC1CCCCNC1. The smallest absolute Gasteiger partial charge is 0.292 e. The number of hydrogen-bond donors (Lipinski definition) is 2. The van der Waals surface area contributed by atoms with E-state index in [0.29, 0.717) is 10.7 Å². The summed E-state index contributed by atoms with van der Waals surface area (Å²) in [5.41, 5.74) is 0.574. The Morgan fingerprint density at radius 1 is 1.44 bits per heavy atom. The molecule has 1 unspecified atom stereocenters. The van der Waals surface area contributed by atoms with E-state index in [1.54, 1.807) is 6.07 Å².